The number of carbonyl (C=O) groups is 1. The van der Waals surface area contributed by atoms with Crippen molar-refractivity contribution in [1.29, 1.82) is 0 Å². The van der Waals surface area contributed by atoms with Gasteiger partial charge in [-0.05, 0) is 31.2 Å². The lowest BCUT2D eigenvalue weighted by Gasteiger charge is -2.40. The van der Waals surface area contributed by atoms with Crippen LogP contribution in [-0.2, 0) is 0 Å². The third-order valence-corrected chi connectivity index (χ3v) is 5.57. The first-order valence-corrected chi connectivity index (χ1v) is 10.4. The van der Waals surface area contributed by atoms with E-state index in [1.807, 2.05) is 11.8 Å². The first-order valence-electron chi connectivity index (χ1n) is 10.1. The molecule has 1 aliphatic rings. The Labute approximate surface area is 193 Å². The van der Waals surface area contributed by atoms with E-state index < -0.39 is 10.7 Å². The van der Waals surface area contributed by atoms with E-state index in [1.165, 1.54) is 48.8 Å². The summed E-state index contributed by atoms with van der Waals surface area (Å²) in [6.07, 6.45) is 1.37. The number of nitrogens with zero attached hydrogens (tertiary/aromatic N) is 5. The van der Waals surface area contributed by atoms with E-state index in [2.05, 4.69) is 9.97 Å². The Morgan fingerprint density at radius 1 is 1.18 bits per heavy atom. The van der Waals surface area contributed by atoms with E-state index in [0.29, 0.717) is 36.8 Å². The molecule has 3 aromatic rings. The maximum atomic E-state index is 13.4. The lowest BCUT2D eigenvalue weighted by molar-refractivity contribution is -0.384. The molecule has 1 aliphatic heterocycles. The van der Waals surface area contributed by atoms with Crippen molar-refractivity contribution in [3.8, 4) is 11.6 Å². The first kappa shape index (κ1) is 22.4. The van der Waals surface area contributed by atoms with Crippen LogP contribution >= 0.6 is 11.6 Å². The third-order valence-electron chi connectivity index (χ3n) is 5.28. The summed E-state index contributed by atoms with van der Waals surface area (Å²) in [6, 6.07) is 11.1. The van der Waals surface area contributed by atoms with Crippen LogP contribution in [0, 0.1) is 15.9 Å². The molecule has 0 radical (unpaired) electrons. The molecule has 2 aromatic carbocycles. The first-order chi connectivity index (χ1) is 15.8. The fraction of sp³-hybridized carbons (Fsp3) is 0.227. The van der Waals surface area contributed by atoms with Gasteiger partial charge in [0.05, 0.1) is 9.95 Å². The predicted molar refractivity (Wildman–Crippen MR) is 119 cm³/mol. The van der Waals surface area contributed by atoms with E-state index in [9.17, 15) is 19.3 Å². The number of nitro groups is 1. The second kappa shape index (κ2) is 9.37. The van der Waals surface area contributed by atoms with Crippen molar-refractivity contribution in [2.75, 3.05) is 24.5 Å². The van der Waals surface area contributed by atoms with E-state index in [1.54, 1.807) is 11.0 Å². The number of benzene rings is 2. The number of carbonyl (C=O) groups excluding carboxylic acids is 1. The monoisotopic (exact) mass is 471 g/mol. The minimum absolute atomic E-state index is 0.0515. The molecule has 0 N–H and O–H groups in total. The van der Waals surface area contributed by atoms with Gasteiger partial charge in [-0.2, -0.15) is 0 Å². The fourth-order valence-corrected chi connectivity index (χ4v) is 3.75. The summed E-state index contributed by atoms with van der Waals surface area (Å²) in [4.78, 5) is 35.4. The van der Waals surface area contributed by atoms with Gasteiger partial charge in [-0.3, -0.25) is 14.9 Å². The normalized spacial score (nSPS) is 15.9. The number of aromatic nitrogens is 2. The molecule has 9 nitrogen and oxygen atoms in total. The molecule has 0 unspecified atom stereocenters. The number of hydrogen-bond acceptors (Lipinski definition) is 7. The van der Waals surface area contributed by atoms with E-state index in [0.717, 1.165) is 0 Å². The SMILES string of the molecule is C[C@H]1CN(c2cc(Oc3ccc(F)c(Cl)c3)ncn2)CCN1C(=O)c1ccc([N+](=O)[O-])cc1. The Balaban J connectivity index is 1.43. The number of ether oxygens (including phenoxy) is 1. The molecular formula is C22H19ClFN5O4. The van der Waals surface area contributed by atoms with Gasteiger partial charge in [0.2, 0.25) is 5.88 Å². The maximum absolute atomic E-state index is 13.4. The molecule has 1 saturated heterocycles. The van der Waals surface area contributed by atoms with E-state index >= 15 is 0 Å². The largest absolute Gasteiger partial charge is 0.439 e. The van der Waals surface area contributed by atoms with Crippen molar-refractivity contribution in [2.24, 2.45) is 0 Å². The van der Waals surface area contributed by atoms with Crippen LogP contribution in [0.4, 0.5) is 15.9 Å². The summed E-state index contributed by atoms with van der Waals surface area (Å²) in [5.74, 6) is 0.527. The third kappa shape index (κ3) is 5.01. The second-order valence-electron chi connectivity index (χ2n) is 7.49. The highest BCUT2D eigenvalue weighted by molar-refractivity contribution is 6.30. The molecule has 4 rings (SSSR count). The molecule has 0 saturated carbocycles. The van der Waals surface area contributed by atoms with Crippen molar-refractivity contribution in [3.63, 3.8) is 0 Å². The number of nitro benzene ring substituents is 1. The second-order valence-corrected chi connectivity index (χ2v) is 7.90. The molecule has 1 atom stereocenters. The van der Waals surface area contributed by atoms with Crippen LogP contribution in [0.3, 0.4) is 0 Å². The molecule has 0 bridgehead atoms. The Morgan fingerprint density at radius 3 is 2.61 bits per heavy atom. The summed E-state index contributed by atoms with van der Waals surface area (Å²) in [5.41, 5.74) is 0.339. The van der Waals surface area contributed by atoms with Gasteiger partial charge in [-0.15, -0.1) is 0 Å². The number of amides is 1. The lowest BCUT2D eigenvalue weighted by atomic mass is 10.1. The van der Waals surface area contributed by atoms with Gasteiger partial charge in [0.25, 0.3) is 11.6 Å². The number of non-ortho nitro benzene ring substituents is 1. The smallest absolute Gasteiger partial charge is 0.269 e. The molecule has 11 heteroatoms. The lowest BCUT2D eigenvalue weighted by Crippen LogP contribution is -2.54. The van der Waals surface area contributed by atoms with Gasteiger partial charge >= 0.3 is 0 Å². The molecular weight excluding hydrogens is 453 g/mol. The Hall–Kier alpha value is -3.79. The number of anilines is 1. The number of piperazine rings is 1. The van der Waals surface area contributed by atoms with Gasteiger partial charge in [-0.25, -0.2) is 14.4 Å². The van der Waals surface area contributed by atoms with Crippen molar-refractivity contribution < 1.29 is 18.8 Å². The van der Waals surface area contributed by atoms with Crippen molar-refractivity contribution >= 4 is 29.0 Å². The topological polar surface area (TPSA) is 102 Å². The quantitative estimate of drug-likeness (QED) is 0.403. The Bertz CT molecular complexity index is 1190. The van der Waals surface area contributed by atoms with Gasteiger partial charge in [0, 0.05) is 55.5 Å². The highest BCUT2D eigenvalue weighted by Gasteiger charge is 2.29. The van der Waals surface area contributed by atoms with Crippen molar-refractivity contribution in [1.82, 2.24) is 14.9 Å². The van der Waals surface area contributed by atoms with Gasteiger partial charge < -0.3 is 14.5 Å². The molecule has 0 aliphatic carbocycles. The summed E-state index contributed by atoms with van der Waals surface area (Å²) >= 11 is 5.80. The molecule has 1 aromatic heterocycles. The van der Waals surface area contributed by atoms with Gasteiger partial charge in [-0.1, -0.05) is 11.6 Å². The molecule has 1 fully saturated rings. The zero-order valence-electron chi connectivity index (χ0n) is 17.5. The zero-order chi connectivity index (χ0) is 23.5. The van der Waals surface area contributed by atoms with Crippen LogP contribution < -0.4 is 9.64 Å². The van der Waals surface area contributed by atoms with Crippen LogP contribution in [0.1, 0.15) is 17.3 Å². The fourth-order valence-electron chi connectivity index (χ4n) is 3.58. The van der Waals surface area contributed by atoms with E-state index in [4.69, 9.17) is 16.3 Å². The average Bonchev–Trinajstić information content (AvgIpc) is 2.81. The number of hydrogen-bond donors (Lipinski definition) is 0. The maximum Gasteiger partial charge on any atom is 0.269 e. The standard InChI is InChI=1S/C22H19ClFN5O4/c1-14-12-27(8-9-28(14)22(30)15-2-4-16(5-3-15)29(31)32)20-11-21(26-13-25-20)33-17-6-7-19(24)18(23)10-17/h2-7,10-11,13-14H,8-9,12H2,1H3/t14-/m0/s1. The summed E-state index contributed by atoms with van der Waals surface area (Å²) in [5, 5.41) is 10.8. The minimum atomic E-state index is -0.539. The van der Waals surface area contributed by atoms with Crippen LogP contribution in [0.15, 0.2) is 54.9 Å². The Morgan fingerprint density at radius 2 is 1.94 bits per heavy atom. The minimum Gasteiger partial charge on any atom is -0.439 e. The van der Waals surface area contributed by atoms with Crippen LogP contribution in [-0.4, -0.2) is 51.4 Å². The highest BCUT2D eigenvalue weighted by Crippen LogP contribution is 2.27. The molecule has 170 valence electrons. The summed E-state index contributed by atoms with van der Waals surface area (Å²) in [6.45, 7) is 3.43. The molecule has 1 amide bonds. The van der Waals surface area contributed by atoms with Gasteiger partial charge in [0.15, 0.2) is 0 Å². The average molecular weight is 472 g/mol. The predicted octanol–water partition coefficient (Wildman–Crippen LogP) is 4.32. The van der Waals surface area contributed by atoms with E-state index in [-0.39, 0.29) is 28.5 Å². The Kier molecular flexibility index (Phi) is 6.36. The van der Waals surface area contributed by atoms with Crippen LogP contribution in [0.5, 0.6) is 11.6 Å². The zero-order valence-corrected chi connectivity index (χ0v) is 18.3. The molecule has 33 heavy (non-hydrogen) atoms. The number of halogens is 2. The van der Waals surface area contributed by atoms with Crippen molar-refractivity contribution in [3.05, 3.63) is 81.4 Å². The molecule has 2 heterocycles. The van der Waals surface area contributed by atoms with Crippen LogP contribution in [0.25, 0.3) is 0 Å². The van der Waals surface area contributed by atoms with Crippen molar-refractivity contribution in [2.45, 2.75) is 13.0 Å². The number of rotatable bonds is 5. The van der Waals surface area contributed by atoms with Gasteiger partial charge in [0.1, 0.15) is 23.7 Å². The van der Waals surface area contributed by atoms with Crippen LogP contribution in [0.2, 0.25) is 5.02 Å². The summed E-state index contributed by atoms with van der Waals surface area (Å²) < 4.78 is 19.0. The summed E-state index contributed by atoms with van der Waals surface area (Å²) in [7, 11) is 0. The highest BCUT2D eigenvalue weighted by atomic mass is 35.5. The molecule has 0 spiro atoms.